The molecule has 30 heavy (non-hydrogen) atoms. The Labute approximate surface area is 176 Å². The molecule has 2 aliphatic heterocycles. The normalized spacial score (nSPS) is 22.0. The highest BCUT2D eigenvalue weighted by Gasteiger charge is 2.29. The zero-order valence-corrected chi connectivity index (χ0v) is 17.9. The zero-order chi connectivity index (χ0) is 21.4. The first kappa shape index (κ1) is 20.8. The molecule has 162 valence electrons. The Morgan fingerprint density at radius 2 is 2.20 bits per heavy atom. The van der Waals surface area contributed by atoms with Crippen LogP contribution in [0.15, 0.2) is 12.1 Å². The number of rotatable bonds is 4. The molecule has 2 atom stereocenters. The second-order valence-corrected chi connectivity index (χ2v) is 8.53. The Morgan fingerprint density at radius 3 is 2.90 bits per heavy atom. The maximum Gasteiger partial charge on any atom is 0.251 e. The minimum atomic E-state index is -0.528. The molecule has 8 heteroatoms. The molecule has 7 nitrogen and oxygen atoms in total. The van der Waals surface area contributed by atoms with E-state index in [1.807, 2.05) is 0 Å². The van der Waals surface area contributed by atoms with Crippen molar-refractivity contribution in [2.75, 3.05) is 39.5 Å². The summed E-state index contributed by atoms with van der Waals surface area (Å²) in [4.78, 5) is 19.0. The number of hydrogen-bond donors (Lipinski definition) is 2. The number of nitrogens with two attached hydrogens (primary N) is 1. The van der Waals surface area contributed by atoms with Crippen molar-refractivity contribution in [2.45, 2.75) is 38.8 Å². The van der Waals surface area contributed by atoms with Crippen LogP contribution in [0.4, 0.5) is 10.1 Å². The Kier molecular flexibility index (Phi) is 5.79. The molecule has 1 saturated heterocycles. The van der Waals surface area contributed by atoms with Gasteiger partial charge in [-0.15, -0.1) is 0 Å². The van der Waals surface area contributed by atoms with Crippen molar-refractivity contribution in [3.8, 4) is 11.3 Å². The lowest BCUT2D eigenvalue weighted by Crippen LogP contribution is -2.41. The van der Waals surface area contributed by atoms with Crippen LogP contribution >= 0.6 is 0 Å². The van der Waals surface area contributed by atoms with Crippen molar-refractivity contribution in [1.82, 2.24) is 19.8 Å². The largest absolute Gasteiger partial charge is 0.398 e. The number of anilines is 1. The van der Waals surface area contributed by atoms with Gasteiger partial charge in [0.2, 0.25) is 0 Å². The molecule has 2 aliphatic rings. The smallest absolute Gasteiger partial charge is 0.251 e. The summed E-state index contributed by atoms with van der Waals surface area (Å²) in [5.41, 5.74) is 8.49. The second-order valence-electron chi connectivity index (χ2n) is 8.53. The van der Waals surface area contributed by atoms with E-state index >= 15 is 4.39 Å². The number of morpholine rings is 1. The van der Waals surface area contributed by atoms with Crippen molar-refractivity contribution >= 4 is 11.6 Å². The number of nitrogens with zero attached hydrogens (tertiary/aromatic N) is 3. The third kappa shape index (κ3) is 3.94. The molecule has 0 radical (unpaired) electrons. The molecule has 1 fully saturated rings. The first-order valence-electron chi connectivity index (χ1n) is 10.6. The quantitative estimate of drug-likeness (QED) is 0.747. The van der Waals surface area contributed by atoms with Gasteiger partial charge in [-0.2, -0.15) is 0 Å². The van der Waals surface area contributed by atoms with Crippen LogP contribution in [0.3, 0.4) is 0 Å². The third-order valence-electron chi connectivity index (χ3n) is 6.14. The number of amides is 1. The van der Waals surface area contributed by atoms with Crippen LogP contribution in [0, 0.1) is 11.7 Å². The number of carbonyl (C=O) groups excluding carboxylic acids is 1. The number of aromatic nitrogens is 2. The van der Waals surface area contributed by atoms with Gasteiger partial charge in [0, 0.05) is 56.5 Å². The molecule has 0 saturated carbocycles. The van der Waals surface area contributed by atoms with E-state index in [4.69, 9.17) is 15.5 Å². The van der Waals surface area contributed by atoms with Gasteiger partial charge >= 0.3 is 0 Å². The van der Waals surface area contributed by atoms with Crippen LogP contribution in [0.2, 0.25) is 0 Å². The van der Waals surface area contributed by atoms with E-state index in [-0.39, 0.29) is 28.8 Å². The highest BCUT2D eigenvalue weighted by Crippen LogP contribution is 2.36. The lowest BCUT2D eigenvalue weighted by molar-refractivity contribution is -0.0194. The van der Waals surface area contributed by atoms with Crippen LogP contribution in [-0.2, 0) is 24.1 Å². The van der Waals surface area contributed by atoms with Gasteiger partial charge in [-0.05, 0) is 31.5 Å². The number of nitrogen functional groups attached to an aromatic ring is 1. The number of carbonyl (C=O) groups is 1. The number of hydrogen-bond acceptors (Lipinski definition) is 5. The van der Waals surface area contributed by atoms with Crippen LogP contribution in [-0.4, -0.2) is 60.3 Å². The Morgan fingerprint density at radius 1 is 1.40 bits per heavy atom. The summed E-state index contributed by atoms with van der Waals surface area (Å²) in [6.07, 6.45) is 2.60. The van der Waals surface area contributed by atoms with Gasteiger partial charge in [0.15, 0.2) is 0 Å². The third-order valence-corrected chi connectivity index (χ3v) is 6.14. The fourth-order valence-corrected chi connectivity index (χ4v) is 4.49. The summed E-state index contributed by atoms with van der Waals surface area (Å²) in [6, 6.07) is 2.76. The van der Waals surface area contributed by atoms with E-state index in [2.05, 4.69) is 28.8 Å². The number of benzene rings is 1. The second kappa shape index (κ2) is 8.35. The monoisotopic (exact) mass is 415 g/mol. The summed E-state index contributed by atoms with van der Waals surface area (Å²) in [5, 5.41) is 2.51. The van der Waals surface area contributed by atoms with Gasteiger partial charge in [0.1, 0.15) is 11.6 Å². The average Bonchev–Trinajstić information content (AvgIpc) is 3.03. The van der Waals surface area contributed by atoms with Crippen molar-refractivity contribution in [3.05, 3.63) is 35.0 Å². The summed E-state index contributed by atoms with van der Waals surface area (Å²) in [6.45, 7) is 5.49. The van der Waals surface area contributed by atoms with E-state index in [1.165, 1.54) is 19.2 Å². The molecule has 0 aliphatic carbocycles. The number of fused-ring (bicyclic) bond motifs is 1. The average molecular weight is 416 g/mol. The maximum absolute atomic E-state index is 15.2. The van der Waals surface area contributed by atoms with Crippen LogP contribution in [0.25, 0.3) is 11.3 Å². The molecule has 1 amide bonds. The van der Waals surface area contributed by atoms with Crippen molar-refractivity contribution < 1.29 is 13.9 Å². The summed E-state index contributed by atoms with van der Waals surface area (Å²) in [7, 11) is 3.59. The Hall–Kier alpha value is -2.45. The molecule has 1 aromatic carbocycles. The SMILES string of the molecule is CNC(=O)c1cc(N)c(-c2nc3n(c2CC2CN(C)CCO2)CCC(C)C3)c(F)c1. The molecule has 1 aromatic heterocycles. The highest BCUT2D eigenvalue weighted by atomic mass is 19.1. The van der Waals surface area contributed by atoms with Crippen LogP contribution in [0.1, 0.15) is 35.2 Å². The minimum Gasteiger partial charge on any atom is -0.398 e. The van der Waals surface area contributed by atoms with E-state index in [0.717, 1.165) is 44.0 Å². The van der Waals surface area contributed by atoms with Crippen molar-refractivity contribution in [1.29, 1.82) is 0 Å². The molecule has 3 heterocycles. The fourth-order valence-electron chi connectivity index (χ4n) is 4.49. The molecule has 4 rings (SSSR count). The zero-order valence-electron chi connectivity index (χ0n) is 17.9. The predicted octanol–water partition coefficient (Wildman–Crippen LogP) is 2.09. The van der Waals surface area contributed by atoms with Crippen molar-refractivity contribution in [3.63, 3.8) is 0 Å². The minimum absolute atomic E-state index is 0.0251. The molecular weight excluding hydrogens is 385 g/mol. The number of nitrogens with one attached hydrogen (secondary N) is 1. The van der Waals surface area contributed by atoms with Gasteiger partial charge in [-0.25, -0.2) is 9.37 Å². The fraction of sp³-hybridized carbons (Fsp3) is 0.545. The first-order valence-corrected chi connectivity index (χ1v) is 10.6. The molecule has 3 N–H and O–H groups in total. The van der Waals surface area contributed by atoms with E-state index in [9.17, 15) is 4.79 Å². The standard InChI is InChI=1S/C22H30FN5O2/c1-13-4-5-28-18(11-15-12-27(3)6-7-30-15)21(26-19(28)8-13)20-16(23)9-14(10-17(20)24)22(29)25-2/h9-10,13,15H,4-8,11-12,24H2,1-3H3,(H,25,29). The molecule has 2 unspecified atom stereocenters. The van der Waals surface area contributed by atoms with Gasteiger partial charge in [0.25, 0.3) is 5.91 Å². The number of halogens is 1. The lowest BCUT2D eigenvalue weighted by Gasteiger charge is -2.31. The molecule has 0 bridgehead atoms. The molecule has 0 spiro atoms. The summed E-state index contributed by atoms with van der Waals surface area (Å²) < 4.78 is 23.4. The number of imidazole rings is 1. The highest BCUT2D eigenvalue weighted by molar-refractivity contribution is 5.96. The summed E-state index contributed by atoms with van der Waals surface area (Å²) >= 11 is 0. The topological polar surface area (TPSA) is 85.4 Å². The van der Waals surface area contributed by atoms with Gasteiger partial charge in [-0.3, -0.25) is 4.79 Å². The molecular formula is C22H30FN5O2. The van der Waals surface area contributed by atoms with Gasteiger partial charge < -0.3 is 25.3 Å². The van der Waals surface area contributed by atoms with Gasteiger partial charge in [0.05, 0.1) is 24.0 Å². The van der Waals surface area contributed by atoms with Crippen LogP contribution < -0.4 is 11.1 Å². The Balaban J connectivity index is 1.78. The van der Waals surface area contributed by atoms with E-state index < -0.39 is 5.82 Å². The predicted molar refractivity (Wildman–Crippen MR) is 114 cm³/mol. The van der Waals surface area contributed by atoms with E-state index in [1.54, 1.807) is 0 Å². The first-order chi connectivity index (χ1) is 14.4. The van der Waals surface area contributed by atoms with Gasteiger partial charge in [-0.1, -0.05) is 6.92 Å². The number of likely N-dealkylation sites (N-methyl/N-ethyl adjacent to an activating group) is 1. The van der Waals surface area contributed by atoms with Crippen molar-refractivity contribution in [2.24, 2.45) is 5.92 Å². The Bertz CT molecular complexity index is 934. The molecule has 2 aromatic rings. The maximum atomic E-state index is 15.2. The number of ether oxygens (including phenoxy) is 1. The lowest BCUT2D eigenvalue weighted by atomic mass is 9.99. The van der Waals surface area contributed by atoms with Crippen LogP contribution in [0.5, 0.6) is 0 Å². The van der Waals surface area contributed by atoms with E-state index in [0.29, 0.717) is 24.6 Å². The summed E-state index contributed by atoms with van der Waals surface area (Å²) in [5.74, 6) is 0.608.